The summed E-state index contributed by atoms with van der Waals surface area (Å²) in [6.07, 6.45) is 3.29. The molecule has 1 aliphatic rings. The van der Waals surface area contributed by atoms with Gasteiger partial charge in [-0.1, -0.05) is 13.0 Å². The van der Waals surface area contributed by atoms with Crippen LogP contribution >= 0.6 is 11.3 Å². The van der Waals surface area contributed by atoms with E-state index in [-0.39, 0.29) is 5.56 Å². The summed E-state index contributed by atoms with van der Waals surface area (Å²) >= 11 is 1.53. The van der Waals surface area contributed by atoms with E-state index in [1.54, 1.807) is 10.6 Å². The van der Waals surface area contributed by atoms with Crippen LogP contribution in [0.25, 0.3) is 21.9 Å². The first-order chi connectivity index (χ1) is 11.6. The van der Waals surface area contributed by atoms with E-state index in [1.165, 1.54) is 17.4 Å². The third-order valence-electron chi connectivity index (χ3n) is 4.23. The Morgan fingerprint density at radius 2 is 2.12 bits per heavy atom. The van der Waals surface area contributed by atoms with Crippen LogP contribution in [0, 0.1) is 11.6 Å². The zero-order chi connectivity index (χ0) is 16.8. The Hall–Kier alpha value is -2.34. The van der Waals surface area contributed by atoms with Gasteiger partial charge >= 0.3 is 0 Å². The molecule has 0 fully saturated rings. The Bertz CT molecular complexity index is 1050. The molecule has 24 heavy (non-hydrogen) atoms. The number of rotatable bonds is 2. The van der Waals surface area contributed by atoms with Crippen LogP contribution in [0.4, 0.5) is 8.78 Å². The van der Waals surface area contributed by atoms with Crippen molar-refractivity contribution in [2.24, 2.45) is 0 Å². The first kappa shape index (κ1) is 15.2. The quantitative estimate of drug-likeness (QED) is 0.697. The standard InChI is InChI=1S/C18H14F2N2OS/c1-2-12-9-13-17(24-12)21-16-11(5-6-22(16)18(13)23)7-10-3-4-14(19)15(20)8-10/h3-4,7-9H,2,5-6H2,1H3/b11-7-. The minimum atomic E-state index is -0.881. The largest absolute Gasteiger partial charge is 0.292 e. The highest BCUT2D eigenvalue weighted by atomic mass is 32.1. The molecule has 4 rings (SSSR count). The summed E-state index contributed by atoms with van der Waals surface area (Å²) in [5, 5.41) is 0.662. The van der Waals surface area contributed by atoms with Gasteiger partial charge in [-0.25, -0.2) is 13.8 Å². The average molecular weight is 344 g/mol. The summed E-state index contributed by atoms with van der Waals surface area (Å²) < 4.78 is 28.1. The molecule has 6 heteroatoms. The number of benzene rings is 1. The van der Waals surface area contributed by atoms with E-state index >= 15 is 0 Å². The van der Waals surface area contributed by atoms with Crippen molar-refractivity contribution in [2.75, 3.05) is 0 Å². The molecule has 1 aliphatic heterocycles. The molecule has 0 N–H and O–H groups in total. The van der Waals surface area contributed by atoms with Crippen molar-refractivity contribution < 1.29 is 8.78 Å². The van der Waals surface area contributed by atoms with E-state index in [2.05, 4.69) is 4.98 Å². The second kappa shape index (κ2) is 5.63. The predicted octanol–water partition coefficient (Wildman–Crippen LogP) is 4.24. The first-order valence-corrected chi connectivity index (χ1v) is 8.57. The summed E-state index contributed by atoms with van der Waals surface area (Å²) in [5.41, 5.74) is 1.40. The van der Waals surface area contributed by atoms with Crippen LogP contribution < -0.4 is 5.56 Å². The minimum absolute atomic E-state index is 0.0281. The Balaban J connectivity index is 1.86. The Kier molecular flexibility index (Phi) is 3.57. The number of nitrogens with zero attached hydrogens (tertiary/aromatic N) is 2. The van der Waals surface area contributed by atoms with Crippen molar-refractivity contribution in [3.8, 4) is 0 Å². The zero-order valence-corrected chi connectivity index (χ0v) is 13.8. The molecule has 1 aromatic carbocycles. The summed E-state index contributed by atoms with van der Waals surface area (Å²) in [7, 11) is 0. The number of thiophene rings is 1. The van der Waals surface area contributed by atoms with Crippen molar-refractivity contribution in [3.05, 3.63) is 62.5 Å². The Morgan fingerprint density at radius 3 is 2.88 bits per heavy atom. The minimum Gasteiger partial charge on any atom is -0.292 e. The molecule has 0 saturated heterocycles. The molecule has 0 amide bonds. The highest BCUT2D eigenvalue weighted by Crippen LogP contribution is 2.30. The van der Waals surface area contributed by atoms with Crippen LogP contribution in [0.5, 0.6) is 0 Å². The van der Waals surface area contributed by atoms with E-state index < -0.39 is 11.6 Å². The van der Waals surface area contributed by atoms with E-state index in [0.29, 0.717) is 29.7 Å². The SMILES string of the molecule is CCc1cc2c(=O)n3c(nc2s1)/C(=C\c1ccc(F)c(F)c1)CC3. The normalized spacial score (nSPS) is 15.4. The summed E-state index contributed by atoms with van der Waals surface area (Å²) in [5.74, 6) is -1.12. The van der Waals surface area contributed by atoms with E-state index in [1.807, 2.05) is 13.0 Å². The number of aromatic nitrogens is 2. The molecule has 0 aliphatic carbocycles. The Labute approximate surface area is 140 Å². The molecule has 122 valence electrons. The lowest BCUT2D eigenvalue weighted by molar-refractivity contribution is 0.508. The van der Waals surface area contributed by atoms with Crippen LogP contribution in [0.3, 0.4) is 0 Å². The van der Waals surface area contributed by atoms with E-state index in [4.69, 9.17) is 0 Å². The third-order valence-corrected chi connectivity index (χ3v) is 5.40. The molecule has 0 saturated carbocycles. The predicted molar refractivity (Wildman–Crippen MR) is 92.1 cm³/mol. The molecular formula is C18H14F2N2OS. The van der Waals surface area contributed by atoms with Gasteiger partial charge in [0.05, 0.1) is 5.39 Å². The smallest absolute Gasteiger partial charge is 0.262 e. The lowest BCUT2D eigenvalue weighted by atomic mass is 10.1. The topological polar surface area (TPSA) is 34.9 Å². The fourth-order valence-electron chi connectivity index (χ4n) is 2.98. The molecule has 3 heterocycles. The van der Waals surface area contributed by atoms with Crippen molar-refractivity contribution >= 4 is 33.2 Å². The molecule has 0 unspecified atom stereocenters. The van der Waals surface area contributed by atoms with E-state index in [0.717, 1.165) is 33.8 Å². The molecule has 0 spiro atoms. The number of fused-ring (bicyclic) bond motifs is 2. The average Bonchev–Trinajstić information content (AvgIpc) is 3.16. The van der Waals surface area contributed by atoms with Gasteiger partial charge in [0.25, 0.3) is 5.56 Å². The molecule has 2 aromatic heterocycles. The van der Waals surface area contributed by atoms with Crippen LogP contribution in [0.15, 0.2) is 29.1 Å². The molecule has 3 aromatic rings. The van der Waals surface area contributed by atoms with Gasteiger partial charge in [-0.3, -0.25) is 9.36 Å². The van der Waals surface area contributed by atoms with Gasteiger partial charge < -0.3 is 0 Å². The molecule has 0 radical (unpaired) electrons. The lowest BCUT2D eigenvalue weighted by Crippen LogP contribution is -2.19. The van der Waals surface area contributed by atoms with E-state index in [9.17, 15) is 13.6 Å². The molecular weight excluding hydrogens is 330 g/mol. The highest BCUT2D eigenvalue weighted by molar-refractivity contribution is 7.18. The monoisotopic (exact) mass is 344 g/mol. The lowest BCUT2D eigenvalue weighted by Gasteiger charge is -2.03. The van der Waals surface area contributed by atoms with Gasteiger partial charge in [0.2, 0.25) is 0 Å². The molecule has 3 nitrogen and oxygen atoms in total. The van der Waals surface area contributed by atoms with Crippen molar-refractivity contribution in [2.45, 2.75) is 26.3 Å². The number of hydrogen-bond acceptors (Lipinski definition) is 3. The third kappa shape index (κ3) is 2.38. The van der Waals surface area contributed by atoms with Crippen molar-refractivity contribution in [1.82, 2.24) is 9.55 Å². The van der Waals surface area contributed by atoms with Crippen LogP contribution in [0.2, 0.25) is 0 Å². The fourth-order valence-corrected chi connectivity index (χ4v) is 3.93. The Morgan fingerprint density at radius 1 is 1.29 bits per heavy atom. The number of aryl methyl sites for hydroxylation is 1. The second-order valence-corrected chi connectivity index (χ2v) is 6.89. The second-order valence-electron chi connectivity index (χ2n) is 5.77. The van der Waals surface area contributed by atoms with Gasteiger partial charge in [0, 0.05) is 11.4 Å². The van der Waals surface area contributed by atoms with Crippen LogP contribution in [-0.4, -0.2) is 9.55 Å². The van der Waals surface area contributed by atoms with Crippen molar-refractivity contribution in [3.63, 3.8) is 0 Å². The highest BCUT2D eigenvalue weighted by Gasteiger charge is 2.22. The van der Waals surface area contributed by atoms with Gasteiger partial charge in [0.1, 0.15) is 10.7 Å². The summed E-state index contributed by atoms with van der Waals surface area (Å²) in [6.45, 7) is 2.61. The van der Waals surface area contributed by atoms with Crippen molar-refractivity contribution in [1.29, 1.82) is 0 Å². The molecule has 0 atom stereocenters. The van der Waals surface area contributed by atoms with Gasteiger partial charge in [-0.05, 0) is 48.3 Å². The number of allylic oxidation sites excluding steroid dienone is 1. The van der Waals surface area contributed by atoms with Gasteiger partial charge in [0.15, 0.2) is 11.6 Å². The van der Waals surface area contributed by atoms with Gasteiger partial charge in [-0.15, -0.1) is 11.3 Å². The zero-order valence-electron chi connectivity index (χ0n) is 13.0. The number of halogens is 2. The maximum atomic E-state index is 13.4. The van der Waals surface area contributed by atoms with Crippen LogP contribution in [-0.2, 0) is 13.0 Å². The maximum absolute atomic E-state index is 13.4. The molecule has 0 bridgehead atoms. The summed E-state index contributed by atoms with van der Waals surface area (Å²) in [4.78, 5) is 19.2. The van der Waals surface area contributed by atoms with Crippen LogP contribution in [0.1, 0.15) is 29.6 Å². The summed E-state index contributed by atoms with van der Waals surface area (Å²) in [6, 6.07) is 5.69. The van der Waals surface area contributed by atoms with Gasteiger partial charge in [-0.2, -0.15) is 0 Å². The first-order valence-electron chi connectivity index (χ1n) is 7.76. The fraction of sp³-hybridized carbons (Fsp3) is 0.222. The maximum Gasteiger partial charge on any atom is 0.262 e. The number of hydrogen-bond donors (Lipinski definition) is 0.